The molecule has 0 saturated carbocycles. The van der Waals surface area contributed by atoms with Crippen LogP contribution in [-0.2, 0) is 0 Å². The Hall–Kier alpha value is -10.4. The average molecular weight is 1010 g/mol. The molecule has 0 fully saturated rings. The number of hydrogen-bond acceptors (Lipinski definition) is 3. The fourth-order valence-electron chi connectivity index (χ4n) is 15.6. The number of benzene rings is 12. The maximum Gasteiger partial charge on any atom is 0.257 e. The first kappa shape index (κ1) is 41.7. The highest BCUT2D eigenvalue weighted by Gasteiger charge is 2.51. The van der Waals surface area contributed by atoms with Crippen molar-refractivity contribution in [2.45, 2.75) is 0 Å². The van der Waals surface area contributed by atoms with E-state index >= 15 is 0 Å². The van der Waals surface area contributed by atoms with Crippen LogP contribution < -0.4 is 42.6 Å². The van der Waals surface area contributed by atoms with E-state index in [4.69, 9.17) is 4.42 Å². The van der Waals surface area contributed by atoms with Gasteiger partial charge in [-0.05, 0) is 124 Å². The van der Waals surface area contributed by atoms with Gasteiger partial charge in [0.2, 0.25) is 0 Å². The number of nitrogens with zero attached hydrogens (tertiary/aromatic N) is 5. The first-order valence-corrected chi connectivity index (χ1v) is 27.8. The molecule has 4 aromatic heterocycles. The zero-order chi connectivity index (χ0) is 51.6. The predicted molar refractivity (Wildman–Crippen MR) is 335 cm³/mol. The molecular weight excluding hydrogens is 972 g/mol. The van der Waals surface area contributed by atoms with E-state index in [1.807, 2.05) is 0 Å². The molecule has 4 aliphatic heterocycles. The molecular formula is C72H41B2N5O. The van der Waals surface area contributed by atoms with Crippen LogP contribution in [0.5, 0.6) is 0 Å². The molecule has 0 atom stereocenters. The lowest BCUT2D eigenvalue weighted by Crippen LogP contribution is -2.67. The maximum absolute atomic E-state index is 7.28. The van der Waals surface area contributed by atoms with Crippen LogP contribution >= 0.6 is 0 Å². The molecule has 4 aliphatic rings. The Morgan fingerprint density at radius 2 is 0.750 bits per heavy atom. The first-order valence-electron chi connectivity index (χ1n) is 27.8. The van der Waals surface area contributed by atoms with Crippen LogP contribution in [0.25, 0.3) is 104 Å². The molecule has 0 N–H and O–H groups in total. The highest BCUT2D eigenvalue weighted by Crippen LogP contribution is 2.50. The normalized spacial score (nSPS) is 13.7. The summed E-state index contributed by atoms with van der Waals surface area (Å²) in [6.07, 6.45) is 0. The average Bonchev–Trinajstić information content (AvgIpc) is 3.83. The summed E-state index contributed by atoms with van der Waals surface area (Å²) in [4.78, 5) is 5.17. The van der Waals surface area contributed by atoms with Gasteiger partial charge < -0.3 is 27.9 Å². The van der Waals surface area contributed by atoms with Crippen LogP contribution in [0.15, 0.2) is 253 Å². The molecule has 80 heavy (non-hydrogen) atoms. The van der Waals surface area contributed by atoms with Crippen molar-refractivity contribution in [3.63, 3.8) is 0 Å². The summed E-state index contributed by atoms with van der Waals surface area (Å²) in [6.45, 7) is -0.245. The topological polar surface area (TPSA) is 34.4 Å². The molecule has 20 rings (SSSR count). The van der Waals surface area contributed by atoms with Crippen LogP contribution in [0.3, 0.4) is 0 Å². The molecule has 0 spiro atoms. The van der Waals surface area contributed by atoms with Gasteiger partial charge in [-0.1, -0.05) is 158 Å². The van der Waals surface area contributed by atoms with Crippen molar-refractivity contribution in [3.8, 4) is 17.1 Å². The van der Waals surface area contributed by atoms with Gasteiger partial charge in [-0.15, -0.1) is 0 Å². The fourth-order valence-corrected chi connectivity index (χ4v) is 15.6. The Balaban J connectivity index is 0.963. The molecule has 0 aliphatic carbocycles. The predicted octanol–water partition coefficient (Wildman–Crippen LogP) is 14.1. The third-order valence-corrected chi connectivity index (χ3v) is 18.5. The third kappa shape index (κ3) is 5.01. The number of anilines is 6. The fraction of sp³-hybridized carbons (Fsp3) is 0. The van der Waals surface area contributed by atoms with Crippen LogP contribution in [0, 0.1) is 0 Å². The van der Waals surface area contributed by atoms with Gasteiger partial charge in [-0.25, -0.2) is 0 Å². The van der Waals surface area contributed by atoms with Gasteiger partial charge in [0.15, 0.2) is 0 Å². The second-order valence-electron chi connectivity index (χ2n) is 22.3. The number of fused-ring (bicyclic) bond motifs is 17. The number of hydrogen-bond donors (Lipinski definition) is 0. The zero-order valence-electron chi connectivity index (χ0n) is 43.0. The van der Waals surface area contributed by atoms with Gasteiger partial charge in [-0.3, -0.25) is 0 Å². The maximum atomic E-state index is 7.28. The van der Waals surface area contributed by atoms with Crippen molar-refractivity contribution in [1.29, 1.82) is 0 Å². The molecule has 12 aromatic carbocycles. The van der Waals surface area contributed by atoms with Crippen LogP contribution in [0.1, 0.15) is 0 Å². The SMILES string of the molecule is c1ccc(N2c3cc(-n4c5ccccc5c5ccccc54)ccc3B3c4c2cc2c5c4-n4c6c3cccc6c3cc6c(oc7ccccc76)c(c34)B5c3ccc(-n4c5ccccc5c5ccccc54)cc3N2c2ccccc2)cc1. The summed E-state index contributed by atoms with van der Waals surface area (Å²) >= 11 is 0. The molecule has 16 aromatic rings. The number of furan rings is 1. The highest BCUT2D eigenvalue weighted by molar-refractivity contribution is 7.05. The molecule has 8 heterocycles. The minimum absolute atomic E-state index is 0.0664. The Labute approximate surface area is 458 Å². The van der Waals surface area contributed by atoms with Gasteiger partial charge in [0.1, 0.15) is 11.2 Å². The van der Waals surface area contributed by atoms with Crippen molar-refractivity contribution >= 4 is 168 Å². The Morgan fingerprint density at radius 3 is 1.31 bits per heavy atom. The van der Waals surface area contributed by atoms with Crippen LogP contribution in [-0.4, -0.2) is 27.1 Å². The molecule has 366 valence electrons. The summed E-state index contributed by atoms with van der Waals surface area (Å²) < 4.78 is 14.9. The van der Waals surface area contributed by atoms with E-state index in [0.717, 1.165) is 56.1 Å². The minimum Gasteiger partial charge on any atom is -0.457 e. The summed E-state index contributed by atoms with van der Waals surface area (Å²) in [6, 6.07) is 92.9. The van der Waals surface area contributed by atoms with E-state index in [1.54, 1.807) is 0 Å². The molecule has 8 heteroatoms. The number of para-hydroxylation sites is 8. The smallest absolute Gasteiger partial charge is 0.257 e. The lowest BCUT2D eigenvalue weighted by atomic mass is 9.29. The highest BCUT2D eigenvalue weighted by atomic mass is 16.3. The zero-order valence-corrected chi connectivity index (χ0v) is 43.0. The second kappa shape index (κ2) is 14.8. The number of rotatable bonds is 4. The third-order valence-electron chi connectivity index (χ3n) is 18.5. The van der Waals surface area contributed by atoms with E-state index in [0.29, 0.717) is 0 Å². The van der Waals surface area contributed by atoms with Gasteiger partial charge >= 0.3 is 0 Å². The van der Waals surface area contributed by atoms with E-state index in [1.165, 1.54) is 115 Å². The van der Waals surface area contributed by atoms with Crippen LogP contribution in [0.4, 0.5) is 34.1 Å². The largest absolute Gasteiger partial charge is 0.457 e. The van der Waals surface area contributed by atoms with E-state index in [2.05, 4.69) is 272 Å². The van der Waals surface area contributed by atoms with Crippen molar-refractivity contribution in [2.24, 2.45) is 0 Å². The summed E-state index contributed by atoms with van der Waals surface area (Å²) in [5.41, 5.74) is 27.3. The van der Waals surface area contributed by atoms with E-state index < -0.39 is 0 Å². The van der Waals surface area contributed by atoms with Crippen molar-refractivity contribution < 1.29 is 4.42 Å². The quantitative estimate of drug-likeness (QED) is 0.165. The van der Waals surface area contributed by atoms with Crippen molar-refractivity contribution in [2.75, 3.05) is 9.80 Å². The van der Waals surface area contributed by atoms with Gasteiger partial charge in [0, 0.05) is 99.8 Å². The lowest BCUT2D eigenvalue weighted by Gasteiger charge is -2.46. The van der Waals surface area contributed by atoms with Gasteiger partial charge in [0.05, 0.1) is 27.6 Å². The second-order valence-corrected chi connectivity index (χ2v) is 22.3. The minimum atomic E-state index is -0.178. The van der Waals surface area contributed by atoms with E-state index in [-0.39, 0.29) is 13.4 Å². The van der Waals surface area contributed by atoms with Crippen molar-refractivity contribution in [1.82, 2.24) is 13.7 Å². The Morgan fingerprint density at radius 1 is 0.275 bits per heavy atom. The summed E-state index contributed by atoms with van der Waals surface area (Å²) in [5, 5.41) is 9.81. The van der Waals surface area contributed by atoms with Gasteiger partial charge in [0.25, 0.3) is 13.4 Å². The van der Waals surface area contributed by atoms with Gasteiger partial charge in [-0.2, -0.15) is 0 Å². The molecule has 0 radical (unpaired) electrons. The monoisotopic (exact) mass is 1010 g/mol. The molecule has 0 saturated heterocycles. The van der Waals surface area contributed by atoms with Crippen molar-refractivity contribution in [3.05, 3.63) is 249 Å². The molecule has 0 unspecified atom stereocenters. The molecule has 0 bridgehead atoms. The standard InChI is InChI=1S/C72H41B2N5O/c1-3-18-42(19-4-1)75-61-38-44(77-57-29-12-7-22-46(57)47-23-8-13-30-58(47)77)34-36-54(61)73-56-28-17-27-51-52-40-53-50-26-11-16-33-65(50)80-72(53)68-70(52)79(69(51)56)71-66(73)63(75)41-64-67(71)74(68)55-37-35-45(39-62(55)76(64)43-20-5-2-6-21-43)78-59-31-14-9-24-48(59)49-25-10-15-32-60(49)78/h1-41H. The Kier molecular flexibility index (Phi) is 7.70. The molecule has 6 nitrogen and oxygen atoms in total. The molecule has 0 amide bonds. The van der Waals surface area contributed by atoms with E-state index in [9.17, 15) is 0 Å². The lowest BCUT2D eigenvalue weighted by molar-refractivity contribution is 0.671. The number of aromatic nitrogens is 3. The van der Waals surface area contributed by atoms with Crippen LogP contribution in [0.2, 0.25) is 0 Å². The first-order chi connectivity index (χ1) is 39.7. The summed E-state index contributed by atoms with van der Waals surface area (Å²) in [7, 11) is 0. The summed E-state index contributed by atoms with van der Waals surface area (Å²) in [5.74, 6) is 0. The Bertz CT molecular complexity index is 5370.